The summed E-state index contributed by atoms with van der Waals surface area (Å²) in [7, 11) is 0. The number of likely N-dealkylation sites (tertiary alicyclic amines) is 1. The highest BCUT2D eigenvalue weighted by Crippen LogP contribution is 2.23. The second-order valence-corrected chi connectivity index (χ2v) is 8.18. The molecule has 9 nitrogen and oxygen atoms in total. The summed E-state index contributed by atoms with van der Waals surface area (Å²) in [5.41, 5.74) is 4.68. The third-order valence-electron chi connectivity index (χ3n) is 5.93. The summed E-state index contributed by atoms with van der Waals surface area (Å²) in [6.07, 6.45) is 3.67. The van der Waals surface area contributed by atoms with Crippen molar-refractivity contribution in [2.24, 2.45) is 0 Å². The van der Waals surface area contributed by atoms with Crippen LogP contribution in [0.3, 0.4) is 0 Å². The molecule has 1 amide bonds. The molecular weight excluding hydrogens is 418 g/mol. The molecule has 1 fully saturated rings. The summed E-state index contributed by atoms with van der Waals surface area (Å²) in [4.78, 5) is 23.3. The molecule has 4 heterocycles. The summed E-state index contributed by atoms with van der Waals surface area (Å²) in [5, 5.41) is 23.1. The van der Waals surface area contributed by atoms with Crippen LogP contribution in [0.15, 0.2) is 42.7 Å². The zero-order chi connectivity index (χ0) is 22.9. The molecule has 0 unspecified atom stereocenters. The molecule has 0 bridgehead atoms. The van der Waals surface area contributed by atoms with E-state index in [1.807, 2.05) is 46.7 Å². The topological polar surface area (TPSA) is 113 Å². The largest absolute Gasteiger partial charge is 0.396 e. The Kier molecular flexibility index (Phi) is 5.36. The number of aliphatic hydroxyl groups is 1. The smallest absolute Gasteiger partial charge is 0.222 e. The number of rotatable bonds is 6. The molecule has 0 atom stereocenters. The van der Waals surface area contributed by atoms with Gasteiger partial charge in [0.05, 0.1) is 11.0 Å². The molecule has 4 aromatic rings. The Bertz CT molecular complexity index is 1400. The van der Waals surface area contributed by atoms with Gasteiger partial charge >= 0.3 is 0 Å². The van der Waals surface area contributed by atoms with Gasteiger partial charge in [0.2, 0.25) is 5.91 Å². The van der Waals surface area contributed by atoms with Crippen LogP contribution in [0.5, 0.6) is 0 Å². The highest BCUT2D eigenvalue weighted by atomic mass is 16.3. The number of pyridine rings is 1. The van der Waals surface area contributed by atoms with E-state index >= 15 is 0 Å². The van der Waals surface area contributed by atoms with Crippen LogP contribution in [0.4, 0.5) is 0 Å². The number of carbonyl (C=O) groups is 1. The van der Waals surface area contributed by atoms with Gasteiger partial charge < -0.3 is 10.0 Å². The fourth-order valence-electron chi connectivity index (χ4n) is 4.27. The molecule has 3 aromatic heterocycles. The van der Waals surface area contributed by atoms with E-state index in [0.717, 1.165) is 40.8 Å². The average Bonchev–Trinajstić information content (AvgIpc) is 3.53. The first-order chi connectivity index (χ1) is 16.1. The first kappa shape index (κ1) is 20.8. The van der Waals surface area contributed by atoms with Crippen LogP contribution >= 0.6 is 0 Å². The van der Waals surface area contributed by atoms with Crippen molar-refractivity contribution < 1.29 is 9.90 Å². The van der Waals surface area contributed by atoms with E-state index in [-0.39, 0.29) is 12.5 Å². The first-order valence-electron chi connectivity index (χ1n) is 10.9. The molecule has 0 saturated carbocycles. The number of benzene rings is 1. The van der Waals surface area contributed by atoms with Crippen molar-refractivity contribution in [3.63, 3.8) is 0 Å². The minimum atomic E-state index is -0.0218. The highest BCUT2D eigenvalue weighted by molar-refractivity contribution is 5.79. The number of carbonyl (C=O) groups excluding carboxylic acids is 1. The molecule has 1 saturated heterocycles. The zero-order valence-corrected chi connectivity index (χ0v) is 18.3. The number of hydrogen-bond acceptors (Lipinski definition) is 6. The van der Waals surface area contributed by atoms with E-state index in [1.165, 1.54) is 0 Å². The van der Waals surface area contributed by atoms with Crippen LogP contribution in [0.1, 0.15) is 35.4 Å². The molecule has 33 heavy (non-hydrogen) atoms. The highest BCUT2D eigenvalue weighted by Gasteiger charge is 2.20. The summed E-state index contributed by atoms with van der Waals surface area (Å²) < 4.78 is 3.54. The second kappa shape index (κ2) is 8.48. The summed E-state index contributed by atoms with van der Waals surface area (Å²) in [6, 6.07) is 13.6. The molecule has 0 spiro atoms. The summed E-state index contributed by atoms with van der Waals surface area (Å²) in [5.74, 6) is 1.42. The van der Waals surface area contributed by atoms with Crippen molar-refractivity contribution in [2.75, 3.05) is 13.2 Å². The Morgan fingerprint density at radius 1 is 1.21 bits per heavy atom. The molecular formula is C24H23N7O2. The van der Waals surface area contributed by atoms with Crippen LogP contribution in [0.25, 0.3) is 22.7 Å². The van der Waals surface area contributed by atoms with Crippen LogP contribution < -0.4 is 0 Å². The third kappa shape index (κ3) is 3.85. The normalized spacial score (nSPS) is 13.7. The number of aliphatic hydroxyl groups excluding tert-OH is 1. The lowest BCUT2D eigenvalue weighted by Crippen LogP contribution is -2.23. The summed E-state index contributed by atoms with van der Waals surface area (Å²) in [6.45, 7) is 3.22. The SMILES string of the molecule is Cc1cc(C#N)nn1-c1nc(-n2cnc3ccc(CN4CCCC4=O)cc32)ccc1CCO. The van der Waals surface area contributed by atoms with Gasteiger partial charge in [0.25, 0.3) is 0 Å². The number of hydrogen-bond donors (Lipinski definition) is 1. The second-order valence-electron chi connectivity index (χ2n) is 8.18. The number of aromatic nitrogens is 5. The van der Waals surface area contributed by atoms with Gasteiger partial charge in [-0.25, -0.2) is 14.6 Å². The minimum Gasteiger partial charge on any atom is -0.396 e. The van der Waals surface area contributed by atoms with Crippen molar-refractivity contribution in [1.82, 2.24) is 29.2 Å². The lowest BCUT2D eigenvalue weighted by Gasteiger charge is -2.16. The Balaban J connectivity index is 1.58. The van der Waals surface area contributed by atoms with Crippen LogP contribution in [0, 0.1) is 18.3 Å². The minimum absolute atomic E-state index is 0.0218. The lowest BCUT2D eigenvalue weighted by molar-refractivity contribution is -0.128. The molecule has 1 aliphatic rings. The predicted octanol–water partition coefficient (Wildman–Crippen LogP) is 2.44. The Labute approximate surface area is 190 Å². The van der Waals surface area contributed by atoms with E-state index < -0.39 is 0 Å². The fraction of sp³-hybridized carbons (Fsp3) is 0.292. The third-order valence-corrected chi connectivity index (χ3v) is 5.93. The maximum atomic E-state index is 12.0. The maximum Gasteiger partial charge on any atom is 0.222 e. The van der Waals surface area contributed by atoms with Crippen molar-refractivity contribution in [3.05, 3.63) is 65.2 Å². The number of aryl methyl sites for hydroxylation is 1. The number of nitrogens with zero attached hydrogens (tertiary/aromatic N) is 7. The molecule has 0 radical (unpaired) electrons. The Morgan fingerprint density at radius 3 is 2.82 bits per heavy atom. The van der Waals surface area contributed by atoms with Gasteiger partial charge in [-0.05, 0) is 55.2 Å². The number of nitriles is 1. The molecule has 1 aliphatic heterocycles. The van der Waals surface area contributed by atoms with E-state index in [1.54, 1.807) is 17.1 Å². The van der Waals surface area contributed by atoms with Gasteiger partial charge in [-0.2, -0.15) is 10.4 Å². The van der Waals surface area contributed by atoms with Crippen LogP contribution in [-0.2, 0) is 17.8 Å². The Hall–Kier alpha value is -4.03. The number of imidazole rings is 1. The van der Waals surface area contributed by atoms with Gasteiger partial charge in [0.15, 0.2) is 11.5 Å². The van der Waals surface area contributed by atoms with Gasteiger partial charge in [-0.3, -0.25) is 9.36 Å². The van der Waals surface area contributed by atoms with Crippen molar-refractivity contribution in [2.45, 2.75) is 32.7 Å². The average molecular weight is 441 g/mol. The lowest BCUT2D eigenvalue weighted by atomic mass is 10.1. The molecule has 166 valence electrons. The summed E-state index contributed by atoms with van der Waals surface area (Å²) >= 11 is 0. The van der Waals surface area contributed by atoms with E-state index in [4.69, 9.17) is 4.98 Å². The van der Waals surface area contributed by atoms with Gasteiger partial charge in [0.1, 0.15) is 18.2 Å². The first-order valence-corrected chi connectivity index (χ1v) is 10.9. The van der Waals surface area contributed by atoms with Crippen LogP contribution in [0.2, 0.25) is 0 Å². The van der Waals surface area contributed by atoms with Gasteiger partial charge in [-0.1, -0.05) is 12.1 Å². The predicted molar refractivity (Wildman–Crippen MR) is 121 cm³/mol. The molecule has 1 aromatic carbocycles. The van der Waals surface area contributed by atoms with Crippen molar-refractivity contribution in [1.29, 1.82) is 5.26 Å². The Morgan fingerprint density at radius 2 is 2.09 bits per heavy atom. The quantitative estimate of drug-likeness (QED) is 0.492. The van der Waals surface area contributed by atoms with Gasteiger partial charge in [-0.15, -0.1) is 0 Å². The molecule has 0 aliphatic carbocycles. The van der Waals surface area contributed by atoms with Gasteiger partial charge in [0, 0.05) is 31.8 Å². The van der Waals surface area contributed by atoms with E-state index in [0.29, 0.717) is 36.7 Å². The monoisotopic (exact) mass is 441 g/mol. The molecule has 5 rings (SSSR count). The van der Waals surface area contributed by atoms with Crippen LogP contribution in [-0.4, -0.2) is 53.4 Å². The van der Waals surface area contributed by atoms with Crippen molar-refractivity contribution in [3.8, 4) is 17.7 Å². The van der Waals surface area contributed by atoms with Crippen molar-refractivity contribution >= 4 is 16.9 Å². The standard InChI is InChI=1S/C24H23N7O2/c1-16-11-19(13-25)28-31(16)24-18(8-10-32)5-7-22(27-24)30-15-26-20-6-4-17(12-21(20)30)14-29-9-2-3-23(29)33/h4-7,11-12,15,32H,2-3,8-10,14H2,1H3. The maximum absolute atomic E-state index is 12.0. The zero-order valence-electron chi connectivity index (χ0n) is 18.3. The molecule has 9 heteroatoms. The number of amides is 1. The molecule has 1 N–H and O–H groups in total. The van der Waals surface area contributed by atoms with E-state index in [2.05, 4.69) is 16.2 Å². The van der Waals surface area contributed by atoms with E-state index in [9.17, 15) is 15.2 Å². The number of fused-ring (bicyclic) bond motifs is 1. The fourth-order valence-corrected chi connectivity index (χ4v) is 4.27.